The summed E-state index contributed by atoms with van der Waals surface area (Å²) in [6.45, 7) is 4.46. The van der Waals surface area contributed by atoms with Crippen LogP contribution in [0.15, 0.2) is 12.3 Å². The molecule has 5 heteroatoms. The molecule has 0 bridgehead atoms. The highest BCUT2D eigenvalue weighted by Gasteiger charge is 2.48. The Bertz CT molecular complexity index is 493. The van der Waals surface area contributed by atoms with Gasteiger partial charge in [-0.1, -0.05) is 6.42 Å². The van der Waals surface area contributed by atoms with E-state index in [0.717, 1.165) is 50.5 Å². The number of rotatable bonds is 5. The second-order valence-corrected chi connectivity index (χ2v) is 6.68. The lowest BCUT2D eigenvalue weighted by molar-refractivity contribution is 0.118. The van der Waals surface area contributed by atoms with E-state index in [9.17, 15) is 0 Å². The Labute approximate surface area is 126 Å². The second-order valence-electron chi connectivity index (χ2n) is 6.68. The Hall–Kier alpha value is -1.36. The predicted octanol–water partition coefficient (Wildman–Crippen LogP) is 2.31. The molecule has 1 saturated heterocycles. The minimum Gasteiger partial charge on any atom is -0.378 e. The molecule has 3 aliphatic rings. The first-order chi connectivity index (χ1) is 10.4. The van der Waals surface area contributed by atoms with Crippen LogP contribution in [0.4, 0.5) is 11.8 Å². The Morgan fingerprint density at radius 3 is 2.76 bits per heavy atom. The van der Waals surface area contributed by atoms with Gasteiger partial charge in [-0.3, -0.25) is 0 Å². The number of anilines is 2. The van der Waals surface area contributed by atoms with Gasteiger partial charge >= 0.3 is 0 Å². The van der Waals surface area contributed by atoms with Gasteiger partial charge in [0.1, 0.15) is 5.82 Å². The molecule has 0 spiro atoms. The van der Waals surface area contributed by atoms with Crippen LogP contribution in [-0.2, 0) is 4.74 Å². The van der Waals surface area contributed by atoms with E-state index in [1.54, 1.807) is 0 Å². The van der Waals surface area contributed by atoms with Crippen LogP contribution in [0.5, 0.6) is 0 Å². The minimum atomic E-state index is 0.554. The predicted molar refractivity (Wildman–Crippen MR) is 82.6 cm³/mol. The van der Waals surface area contributed by atoms with Gasteiger partial charge in [-0.2, -0.15) is 4.98 Å². The Kier molecular flexibility index (Phi) is 3.45. The van der Waals surface area contributed by atoms with Gasteiger partial charge < -0.3 is 15.0 Å². The van der Waals surface area contributed by atoms with Crippen molar-refractivity contribution in [1.82, 2.24) is 9.97 Å². The van der Waals surface area contributed by atoms with Crippen LogP contribution in [-0.4, -0.2) is 42.8 Å². The van der Waals surface area contributed by atoms with Crippen LogP contribution in [0.3, 0.4) is 0 Å². The topological polar surface area (TPSA) is 50.3 Å². The maximum absolute atomic E-state index is 5.40. The smallest absolute Gasteiger partial charge is 0.224 e. The molecule has 114 valence electrons. The van der Waals surface area contributed by atoms with Gasteiger partial charge in [-0.25, -0.2) is 4.98 Å². The lowest BCUT2D eigenvalue weighted by Gasteiger charge is -2.42. The third-order valence-corrected chi connectivity index (χ3v) is 5.37. The van der Waals surface area contributed by atoms with E-state index < -0.39 is 0 Å². The lowest BCUT2D eigenvalue weighted by atomic mass is 9.65. The molecule has 5 nitrogen and oxygen atoms in total. The average Bonchev–Trinajstić information content (AvgIpc) is 3.33. The fourth-order valence-electron chi connectivity index (χ4n) is 3.71. The molecule has 1 aromatic heterocycles. The molecule has 0 atom stereocenters. The Morgan fingerprint density at radius 2 is 2.10 bits per heavy atom. The number of hydrogen-bond donors (Lipinski definition) is 1. The van der Waals surface area contributed by atoms with E-state index in [1.165, 1.54) is 32.1 Å². The number of aromatic nitrogens is 2. The summed E-state index contributed by atoms with van der Waals surface area (Å²) in [5.74, 6) is 2.76. The molecule has 1 N–H and O–H groups in total. The largest absolute Gasteiger partial charge is 0.378 e. The second kappa shape index (κ2) is 5.44. The summed E-state index contributed by atoms with van der Waals surface area (Å²) in [5.41, 5.74) is 0.554. The van der Waals surface area contributed by atoms with Crippen LogP contribution in [0, 0.1) is 11.3 Å². The Morgan fingerprint density at radius 1 is 1.29 bits per heavy atom. The van der Waals surface area contributed by atoms with E-state index >= 15 is 0 Å². The van der Waals surface area contributed by atoms with E-state index in [4.69, 9.17) is 4.74 Å². The normalized spacial score (nSPS) is 24.5. The molecule has 21 heavy (non-hydrogen) atoms. The van der Waals surface area contributed by atoms with Crippen molar-refractivity contribution < 1.29 is 4.74 Å². The first-order valence-corrected chi connectivity index (χ1v) is 8.25. The first-order valence-electron chi connectivity index (χ1n) is 8.25. The van der Waals surface area contributed by atoms with Crippen molar-refractivity contribution in [2.24, 2.45) is 11.3 Å². The highest BCUT2D eigenvalue weighted by Crippen LogP contribution is 2.56. The fraction of sp³-hybridized carbons (Fsp3) is 0.750. The van der Waals surface area contributed by atoms with E-state index in [2.05, 4.69) is 20.2 Å². The summed E-state index contributed by atoms with van der Waals surface area (Å²) in [6, 6.07) is 2.00. The van der Waals surface area contributed by atoms with Crippen LogP contribution in [0.1, 0.15) is 32.1 Å². The lowest BCUT2D eigenvalue weighted by Crippen LogP contribution is -2.39. The highest BCUT2D eigenvalue weighted by molar-refractivity contribution is 5.43. The summed E-state index contributed by atoms with van der Waals surface area (Å²) < 4.78 is 5.40. The zero-order valence-corrected chi connectivity index (χ0v) is 12.6. The third kappa shape index (κ3) is 2.71. The van der Waals surface area contributed by atoms with E-state index in [-0.39, 0.29) is 0 Å². The standard InChI is InChI=1S/C16H24N4O/c1-5-16(6-1,13-2-3-13)12-18-15-17-7-4-14(19-15)20-8-10-21-11-9-20/h4,7,13H,1-3,5-6,8-12H2,(H,17,18,19). The number of nitrogens with zero attached hydrogens (tertiary/aromatic N) is 3. The van der Waals surface area contributed by atoms with Crippen molar-refractivity contribution in [1.29, 1.82) is 0 Å². The molecule has 4 rings (SSSR count). The summed E-state index contributed by atoms with van der Waals surface area (Å²) in [7, 11) is 0. The highest BCUT2D eigenvalue weighted by atomic mass is 16.5. The van der Waals surface area contributed by atoms with Crippen LogP contribution in [0.25, 0.3) is 0 Å². The molecule has 1 aromatic rings. The van der Waals surface area contributed by atoms with Crippen molar-refractivity contribution in [2.75, 3.05) is 43.1 Å². The number of ether oxygens (including phenoxy) is 1. The minimum absolute atomic E-state index is 0.554. The number of hydrogen-bond acceptors (Lipinski definition) is 5. The maximum Gasteiger partial charge on any atom is 0.224 e. The summed E-state index contributed by atoms with van der Waals surface area (Å²) >= 11 is 0. The van der Waals surface area contributed by atoms with Gasteiger partial charge in [0, 0.05) is 25.8 Å². The van der Waals surface area contributed by atoms with Crippen LogP contribution >= 0.6 is 0 Å². The van der Waals surface area contributed by atoms with Gasteiger partial charge in [0.05, 0.1) is 13.2 Å². The van der Waals surface area contributed by atoms with Gasteiger partial charge in [0.2, 0.25) is 5.95 Å². The Balaban J connectivity index is 1.40. The molecule has 2 heterocycles. The van der Waals surface area contributed by atoms with Crippen molar-refractivity contribution in [3.05, 3.63) is 12.3 Å². The van der Waals surface area contributed by atoms with Crippen molar-refractivity contribution in [2.45, 2.75) is 32.1 Å². The molecule has 0 amide bonds. The third-order valence-electron chi connectivity index (χ3n) is 5.37. The zero-order chi connectivity index (χ0) is 14.1. The molecule has 0 radical (unpaired) electrons. The average molecular weight is 288 g/mol. The van der Waals surface area contributed by atoms with Crippen LogP contribution in [0.2, 0.25) is 0 Å². The van der Waals surface area contributed by atoms with Gasteiger partial charge in [0.15, 0.2) is 0 Å². The SMILES string of the molecule is c1cc(N2CCOCC2)nc(NCC2(C3CC3)CCC2)n1. The van der Waals surface area contributed by atoms with Gasteiger partial charge in [-0.15, -0.1) is 0 Å². The molecule has 0 aromatic carbocycles. The molecule has 0 unspecified atom stereocenters. The van der Waals surface area contributed by atoms with Crippen molar-refractivity contribution >= 4 is 11.8 Å². The van der Waals surface area contributed by atoms with Crippen LogP contribution < -0.4 is 10.2 Å². The van der Waals surface area contributed by atoms with Crippen molar-refractivity contribution in [3.63, 3.8) is 0 Å². The quantitative estimate of drug-likeness (QED) is 0.901. The maximum atomic E-state index is 5.40. The molecular weight excluding hydrogens is 264 g/mol. The molecule has 2 saturated carbocycles. The summed E-state index contributed by atoms with van der Waals surface area (Å²) in [6.07, 6.45) is 8.88. The van der Waals surface area contributed by atoms with Gasteiger partial charge in [0.25, 0.3) is 0 Å². The fourth-order valence-corrected chi connectivity index (χ4v) is 3.71. The molecule has 3 fully saturated rings. The monoisotopic (exact) mass is 288 g/mol. The first kappa shape index (κ1) is 13.3. The zero-order valence-electron chi connectivity index (χ0n) is 12.6. The number of nitrogens with one attached hydrogen (secondary N) is 1. The van der Waals surface area contributed by atoms with E-state index in [0.29, 0.717) is 5.41 Å². The van der Waals surface area contributed by atoms with Gasteiger partial charge in [-0.05, 0) is 43.1 Å². The van der Waals surface area contributed by atoms with E-state index in [1.807, 2.05) is 12.3 Å². The summed E-state index contributed by atoms with van der Waals surface area (Å²) in [5, 5.41) is 3.51. The molecular formula is C16H24N4O. The summed E-state index contributed by atoms with van der Waals surface area (Å²) in [4.78, 5) is 11.4. The van der Waals surface area contributed by atoms with Crippen molar-refractivity contribution in [3.8, 4) is 0 Å². The number of morpholine rings is 1. The molecule has 2 aliphatic carbocycles. The molecule has 1 aliphatic heterocycles.